The third-order valence-corrected chi connectivity index (χ3v) is 37.9. The normalized spacial score (nSPS) is 12.1. The number of hydrogen-bond donors (Lipinski definition) is 0. The Morgan fingerprint density at radius 3 is 0.537 bits per heavy atom. The minimum absolute atomic E-state index is 0.0169. The number of carbonyl (C=O) groups is 2. The average Bonchev–Trinajstić information content (AvgIpc) is 0.798. The van der Waals surface area contributed by atoms with Gasteiger partial charge in [-0.25, -0.2) is 0 Å². The Balaban J connectivity index is 1.18. The van der Waals surface area contributed by atoms with Crippen LogP contribution in [-0.2, 0) is 37.3 Å². The lowest BCUT2D eigenvalue weighted by Gasteiger charge is -2.27. The van der Waals surface area contributed by atoms with E-state index < -0.39 is 15.2 Å². The number of ether oxygens (including phenoxy) is 2. The van der Waals surface area contributed by atoms with Gasteiger partial charge in [-0.05, 0) is 158 Å². The maximum atomic E-state index is 12.4. The molecule has 0 amide bonds. The molecule has 0 bridgehead atoms. The van der Waals surface area contributed by atoms with Crippen molar-refractivity contribution >= 4 is 49.9 Å². The zero-order valence-electron chi connectivity index (χ0n) is 99.3. The van der Waals surface area contributed by atoms with Crippen LogP contribution in [0.3, 0.4) is 0 Å². The van der Waals surface area contributed by atoms with Gasteiger partial charge < -0.3 is 27.6 Å². The summed E-state index contributed by atoms with van der Waals surface area (Å²) in [5.74, 6) is 5.59. The van der Waals surface area contributed by atoms with Crippen molar-refractivity contribution in [1.82, 2.24) is 0 Å². The summed E-state index contributed by atoms with van der Waals surface area (Å²) < 4.78 is 38.6. The van der Waals surface area contributed by atoms with Gasteiger partial charge in [0, 0.05) is 29.8 Å². The summed E-state index contributed by atoms with van der Waals surface area (Å²) in [5, 5.41) is 0. The molecule has 8 nitrogen and oxygen atoms in total. The van der Waals surface area contributed by atoms with Crippen LogP contribution >= 0.6 is 37.9 Å². The number of rotatable bonds is 118. The first-order valence-electron chi connectivity index (χ1n) is 65.9. The first-order valence-corrected chi connectivity index (χ1v) is 71.4. The van der Waals surface area contributed by atoms with E-state index in [2.05, 4.69) is 139 Å². The van der Waals surface area contributed by atoms with Crippen LogP contribution in [-0.4, -0.2) is 36.7 Å². The minimum atomic E-state index is -1.28. The SMILES string of the molecule is CCCCCCCCCCCCCCCCCCOC(=O)CCCCCCCCCCCCCCCCCCSP(Oc1ccc(CCCCCCCCCCCCCCCCCC)cc1)Oc1ccc(C(C)(C)c2ccc(OP(Oc3ccc(CCCCCCCCCCCCCCCCCC)cc3)SCCCCCCCCCCCCCCCCCCC(=O)OCCCCCCCCCCCCCCCCCC)cc2)cc1. The maximum absolute atomic E-state index is 12.4. The maximum Gasteiger partial charge on any atom is 0.360 e. The van der Waals surface area contributed by atoms with E-state index in [0.717, 1.165) is 85.9 Å². The first-order chi connectivity index (χ1) is 73.6. The van der Waals surface area contributed by atoms with Crippen LogP contribution in [0, 0.1) is 0 Å². The van der Waals surface area contributed by atoms with E-state index >= 15 is 0 Å². The second kappa shape index (κ2) is 107. The van der Waals surface area contributed by atoms with Crippen molar-refractivity contribution in [3.8, 4) is 23.0 Å². The number of unbranched alkanes of at least 4 members (excludes halogenated alkanes) is 90. The molecule has 4 rings (SSSR count). The highest BCUT2D eigenvalue weighted by atomic mass is 32.7. The number of hydrogen-bond acceptors (Lipinski definition) is 10. The van der Waals surface area contributed by atoms with E-state index in [0.29, 0.717) is 26.1 Å². The van der Waals surface area contributed by atoms with Gasteiger partial charge in [-0.1, -0.05) is 655 Å². The molecule has 0 heterocycles. The standard InChI is InChI=1S/C137H242O8P2S2/c1-7-11-15-19-23-27-31-35-39-47-55-63-71-79-87-95-103-127-107-115-131(116-108-127)142-146(148-125-101-93-85-77-69-61-53-45-43-49-57-65-73-81-89-97-105-135(138)140-123-99-91-83-75-67-59-51-41-37-33-29-25-21-17-13-9-3)144-133-119-111-129(112-120-133)137(5,6)130-113-121-134(122-114-130)145-147(143-132-117-109-128(110-118-132)104-96-88-80-72-64-56-48-40-36-32-28-24-20-16-12-8-2)149-126-102-94-86-78-70-62-54-46-44-50-58-66-74-82-90-98-106-136(139)141-124-100-92-84-76-68-60-52-42-38-34-30-26-22-18-14-10-4/h107-122H,7-106,123-126H2,1-6H3. The van der Waals surface area contributed by atoms with Gasteiger partial charge >= 0.3 is 27.1 Å². The van der Waals surface area contributed by atoms with Gasteiger partial charge in [-0.2, -0.15) is 0 Å². The fourth-order valence-corrected chi connectivity index (χ4v) is 27.3. The van der Waals surface area contributed by atoms with Crippen LogP contribution in [0.2, 0.25) is 0 Å². The summed E-state index contributed by atoms with van der Waals surface area (Å²) in [7, 11) is -2.55. The van der Waals surface area contributed by atoms with Crippen LogP contribution in [0.25, 0.3) is 0 Å². The molecule has 0 aliphatic carbocycles. The minimum Gasteiger partial charge on any atom is -0.466 e. The molecule has 12 heteroatoms. The van der Waals surface area contributed by atoms with Gasteiger partial charge in [0.2, 0.25) is 0 Å². The van der Waals surface area contributed by atoms with Crippen molar-refractivity contribution < 1.29 is 37.2 Å². The topological polar surface area (TPSA) is 89.5 Å². The van der Waals surface area contributed by atoms with E-state index in [4.69, 9.17) is 27.6 Å². The van der Waals surface area contributed by atoms with Crippen LogP contribution in [0.1, 0.15) is 693 Å². The molecule has 4 aromatic carbocycles. The molecule has 0 fully saturated rings. The van der Waals surface area contributed by atoms with Crippen LogP contribution in [0.4, 0.5) is 0 Å². The highest BCUT2D eigenvalue weighted by Crippen LogP contribution is 2.54. The van der Waals surface area contributed by atoms with E-state index in [1.807, 2.05) is 22.8 Å². The third kappa shape index (κ3) is 88.2. The van der Waals surface area contributed by atoms with Gasteiger partial charge in [0.1, 0.15) is 23.0 Å². The Bertz CT molecular complexity index is 3190. The zero-order chi connectivity index (χ0) is 106. The van der Waals surface area contributed by atoms with E-state index in [9.17, 15) is 9.59 Å². The fraction of sp³-hybridized carbons (Fsp3) is 0.810. The van der Waals surface area contributed by atoms with E-state index in [1.54, 1.807) is 0 Å². The molecule has 2 atom stereocenters. The molecule has 0 N–H and O–H groups in total. The van der Waals surface area contributed by atoms with Crippen molar-refractivity contribution in [2.45, 2.75) is 689 Å². The number of aryl methyl sites for hydroxylation is 2. The molecule has 0 saturated carbocycles. The molecule has 860 valence electrons. The number of benzene rings is 4. The highest BCUT2D eigenvalue weighted by Gasteiger charge is 2.26. The molecule has 0 spiro atoms. The van der Waals surface area contributed by atoms with Gasteiger partial charge in [-0.3, -0.25) is 9.59 Å². The van der Waals surface area contributed by atoms with Crippen molar-refractivity contribution in [1.29, 1.82) is 0 Å². The van der Waals surface area contributed by atoms with Crippen molar-refractivity contribution in [3.05, 3.63) is 119 Å². The predicted octanol–water partition coefficient (Wildman–Crippen LogP) is 49.3. The highest BCUT2D eigenvalue weighted by molar-refractivity contribution is 8.53. The Kier molecular flexibility index (Phi) is 99.4. The lowest BCUT2D eigenvalue weighted by Crippen LogP contribution is -2.18. The molecular formula is C137H242O8P2S2. The summed E-state index contributed by atoms with van der Waals surface area (Å²) in [6.07, 6.45) is 133. The lowest BCUT2D eigenvalue weighted by molar-refractivity contribution is -0.144. The predicted molar refractivity (Wildman–Crippen MR) is 664 cm³/mol. The molecule has 0 aromatic heterocycles. The van der Waals surface area contributed by atoms with Crippen molar-refractivity contribution in [2.24, 2.45) is 0 Å². The number of carbonyl (C=O) groups excluding carboxylic acids is 2. The van der Waals surface area contributed by atoms with Gasteiger partial charge in [-0.15, -0.1) is 0 Å². The molecule has 0 saturated heterocycles. The van der Waals surface area contributed by atoms with Crippen LogP contribution in [0.5, 0.6) is 23.0 Å². The zero-order valence-corrected chi connectivity index (χ0v) is 103. The lowest BCUT2D eigenvalue weighted by atomic mass is 9.78. The van der Waals surface area contributed by atoms with E-state index in [1.165, 1.54) is 600 Å². The third-order valence-electron chi connectivity index (χ3n) is 31.8. The first kappa shape index (κ1) is 138. The Morgan fingerprint density at radius 2 is 0.349 bits per heavy atom. The monoisotopic (exact) mass is 2140 g/mol. The summed E-state index contributed by atoms with van der Waals surface area (Å²) in [6.45, 7) is 15.1. The van der Waals surface area contributed by atoms with Gasteiger partial charge in [0.05, 0.1) is 13.2 Å². The Morgan fingerprint density at radius 1 is 0.195 bits per heavy atom. The summed E-state index contributed by atoms with van der Waals surface area (Å²) in [4.78, 5) is 24.7. The van der Waals surface area contributed by atoms with Crippen LogP contribution in [0.15, 0.2) is 97.1 Å². The van der Waals surface area contributed by atoms with Gasteiger partial charge in [0.25, 0.3) is 0 Å². The van der Waals surface area contributed by atoms with Gasteiger partial charge in [0.15, 0.2) is 0 Å². The summed E-state index contributed by atoms with van der Waals surface area (Å²) in [6, 6.07) is 35.6. The Labute approximate surface area is 936 Å². The molecule has 0 radical (unpaired) electrons. The molecule has 2 unspecified atom stereocenters. The molecule has 0 aliphatic rings. The summed E-state index contributed by atoms with van der Waals surface area (Å²) >= 11 is 3.72. The van der Waals surface area contributed by atoms with Crippen molar-refractivity contribution in [2.75, 3.05) is 24.7 Å². The second-order valence-electron chi connectivity index (χ2n) is 46.4. The van der Waals surface area contributed by atoms with E-state index in [-0.39, 0.29) is 17.4 Å². The van der Waals surface area contributed by atoms with Crippen molar-refractivity contribution in [3.63, 3.8) is 0 Å². The molecule has 4 aromatic rings. The molecule has 149 heavy (non-hydrogen) atoms. The molecular weight excluding hydrogens is 1900 g/mol. The summed E-state index contributed by atoms with van der Waals surface area (Å²) in [5.41, 5.74) is 5.02. The second-order valence-corrected chi connectivity index (χ2v) is 52.7. The average molecular weight is 2140 g/mol. The fourth-order valence-electron chi connectivity index (χ4n) is 21.5. The largest absolute Gasteiger partial charge is 0.466 e. The quantitative estimate of drug-likeness (QED) is 0.0242. The Hall–Kier alpha value is -3.42. The molecule has 0 aliphatic heterocycles. The smallest absolute Gasteiger partial charge is 0.360 e. The number of esters is 2. The van der Waals surface area contributed by atoms with Crippen LogP contribution < -0.4 is 18.1 Å².